The second kappa shape index (κ2) is 7.02. The Kier molecular flexibility index (Phi) is 4.68. The summed E-state index contributed by atoms with van der Waals surface area (Å²) in [5, 5.41) is -0.731. The zero-order valence-corrected chi connectivity index (χ0v) is 16.7. The Morgan fingerprint density at radius 1 is 0.750 bits per heavy atom. The summed E-state index contributed by atoms with van der Waals surface area (Å²) in [6, 6.07) is 23.6. The molecule has 3 aromatic rings. The minimum absolute atomic E-state index is 0.105. The number of hydrogen-bond acceptors (Lipinski definition) is 3. The van der Waals surface area contributed by atoms with E-state index >= 15 is 0 Å². The maximum atomic E-state index is 13.4. The average Bonchev–Trinajstić information content (AvgIpc) is 3.45. The third kappa shape index (κ3) is 3.29. The van der Waals surface area contributed by atoms with Gasteiger partial charge in [0.25, 0.3) is 0 Å². The summed E-state index contributed by atoms with van der Waals surface area (Å²) in [6.07, 6.45) is 0. The topological polar surface area (TPSA) is 51.2 Å². The molecule has 0 aromatic heterocycles. The lowest BCUT2D eigenvalue weighted by atomic mass is 10.0. The van der Waals surface area contributed by atoms with Crippen LogP contribution in [0.15, 0.2) is 83.8 Å². The Balaban J connectivity index is 1.75. The van der Waals surface area contributed by atoms with Gasteiger partial charge in [0, 0.05) is 17.4 Å². The van der Waals surface area contributed by atoms with E-state index in [4.69, 9.17) is 0 Å². The molecule has 3 atom stereocenters. The molecule has 1 aliphatic carbocycles. The smallest absolute Gasteiger partial charge is 0.182 e. The molecule has 28 heavy (non-hydrogen) atoms. The number of sulfone groups is 1. The van der Waals surface area contributed by atoms with E-state index < -0.39 is 21.0 Å². The van der Waals surface area contributed by atoms with Crippen LogP contribution >= 0.6 is 0 Å². The highest BCUT2D eigenvalue weighted by molar-refractivity contribution is 7.92. The second-order valence-corrected chi connectivity index (χ2v) is 9.62. The van der Waals surface area contributed by atoms with E-state index in [-0.39, 0.29) is 16.6 Å². The van der Waals surface area contributed by atoms with Crippen molar-refractivity contribution in [2.24, 2.45) is 5.92 Å². The van der Waals surface area contributed by atoms with Crippen LogP contribution < -0.4 is 0 Å². The molecule has 0 heterocycles. The van der Waals surface area contributed by atoms with Crippen molar-refractivity contribution in [3.05, 3.63) is 101 Å². The molecule has 3 aromatic carbocycles. The molecule has 0 amide bonds. The lowest BCUT2D eigenvalue weighted by Crippen LogP contribution is -2.14. The van der Waals surface area contributed by atoms with Crippen molar-refractivity contribution in [1.82, 2.24) is 0 Å². The first-order valence-corrected chi connectivity index (χ1v) is 10.9. The van der Waals surface area contributed by atoms with Crippen molar-refractivity contribution in [2.45, 2.75) is 29.9 Å². The van der Waals surface area contributed by atoms with Gasteiger partial charge in [0.05, 0.1) is 10.1 Å². The van der Waals surface area contributed by atoms with Gasteiger partial charge < -0.3 is 0 Å². The van der Waals surface area contributed by atoms with E-state index in [2.05, 4.69) is 0 Å². The monoisotopic (exact) mass is 390 g/mol. The molecule has 1 aliphatic rings. The number of rotatable bonds is 5. The molecule has 3 nitrogen and oxygen atoms in total. The van der Waals surface area contributed by atoms with Crippen molar-refractivity contribution in [2.75, 3.05) is 0 Å². The summed E-state index contributed by atoms with van der Waals surface area (Å²) in [5.41, 5.74) is 3.57. The molecular weight excluding hydrogens is 368 g/mol. The molecule has 4 heteroatoms. The summed E-state index contributed by atoms with van der Waals surface area (Å²) in [5.74, 6) is -0.983. The van der Waals surface area contributed by atoms with Crippen LogP contribution in [-0.2, 0) is 9.84 Å². The Morgan fingerprint density at radius 2 is 1.29 bits per heavy atom. The largest absolute Gasteiger partial charge is 0.294 e. The van der Waals surface area contributed by atoms with Gasteiger partial charge in [0.2, 0.25) is 0 Å². The third-order valence-corrected chi connectivity index (χ3v) is 7.72. The molecule has 0 unspecified atom stereocenters. The highest BCUT2D eigenvalue weighted by Crippen LogP contribution is 2.55. The molecule has 0 spiro atoms. The molecular formula is C24H22O3S. The number of aryl methyl sites for hydroxylation is 2. The maximum Gasteiger partial charge on any atom is 0.182 e. The Labute approximate surface area is 166 Å². The predicted molar refractivity (Wildman–Crippen MR) is 110 cm³/mol. The van der Waals surface area contributed by atoms with E-state index in [1.54, 1.807) is 48.5 Å². The Hall–Kier alpha value is -2.72. The minimum Gasteiger partial charge on any atom is -0.294 e. The first-order chi connectivity index (χ1) is 13.4. The number of benzene rings is 3. The van der Waals surface area contributed by atoms with Crippen LogP contribution in [-0.4, -0.2) is 19.5 Å². The number of carbonyl (C=O) groups excluding carboxylic acids is 1. The lowest BCUT2D eigenvalue weighted by molar-refractivity contribution is 0.0965. The van der Waals surface area contributed by atoms with Gasteiger partial charge in [-0.25, -0.2) is 8.42 Å². The van der Waals surface area contributed by atoms with Gasteiger partial charge in [-0.15, -0.1) is 0 Å². The fraction of sp³-hybridized carbons (Fsp3) is 0.208. The number of Topliss-reactive ketones (excluding diaryl/α,β-unsaturated/α-hetero) is 1. The van der Waals surface area contributed by atoms with Crippen LogP contribution in [0.1, 0.15) is 33.0 Å². The molecule has 0 N–H and O–H groups in total. The summed E-state index contributed by atoms with van der Waals surface area (Å²) >= 11 is 0. The molecule has 142 valence electrons. The SMILES string of the molecule is Cc1ccc([C@@H]2[C@H](C(=O)c3ccccc3)[C@H]2S(=O)(=O)c2ccc(C)cc2)cc1. The van der Waals surface area contributed by atoms with E-state index in [0.29, 0.717) is 5.56 Å². The standard InChI is InChI=1S/C24H22O3S/c1-16-8-12-18(13-9-16)21-22(23(25)19-6-4-3-5-7-19)24(21)28(26,27)20-14-10-17(2)11-15-20/h3-15,21-22,24H,1-2H3/t21-,22-,24+/m1/s1. The normalized spacial score (nSPS) is 21.3. The van der Waals surface area contributed by atoms with Gasteiger partial charge in [-0.1, -0.05) is 77.9 Å². The quantitative estimate of drug-likeness (QED) is 0.591. The fourth-order valence-electron chi connectivity index (χ4n) is 3.85. The van der Waals surface area contributed by atoms with E-state index in [9.17, 15) is 13.2 Å². The third-order valence-electron chi connectivity index (χ3n) is 5.49. The first kappa shape index (κ1) is 18.6. The van der Waals surface area contributed by atoms with Crippen LogP contribution in [0.5, 0.6) is 0 Å². The van der Waals surface area contributed by atoms with E-state index in [1.165, 1.54) is 0 Å². The van der Waals surface area contributed by atoms with E-state index in [1.807, 2.05) is 44.2 Å². The molecule has 0 aliphatic heterocycles. The fourth-order valence-corrected chi connectivity index (χ4v) is 5.98. The van der Waals surface area contributed by atoms with Gasteiger partial charge in [0.1, 0.15) is 0 Å². The van der Waals surface area contributed by atoms with Gasteiger partial charge in [-0.2, -0.15) is 0 Å². The molecule has 1 saturated carbocycles. The molecule has 4 rings (SSSR count). The number of ketones is 1. The number of hydrogen-bond donors (Lipinski definition) is 0. The van der Waals surface area contributed by atoms with Gasteiger partial charge in [-0.3, -0.25) is 4.79 Å². The van der Waals surface area contributed by atoms with Crippen LogP contribution in [0.3, 0.4) is 0 Å². The zero-order chi connectivity index (χ0) is 19.9. The highest BCUT2D eigenvalue weighted by atomic mass is 32.2. The van der Waals surface area contributed by atoms with Crippen LogP contribution in [0, 0.1) is 19.8 Å². The van der Waals surface area contributed by atoms with Crippen molar-refractivity contribution in [3.63, 3.8) is 0 Å². The summed E-state index contributed by atoms with van der Waals surface area (Å²) in [4.78, 5) is 13.4. The van der Waals surface area contributed by atoms with Crippen molar-refractivity contribution in [3.8, 4) is 0 Å². The molecule has 0 radical (unpaired) electrons. The average molecular weight is 391 g/mol. The highest BCUT2D eigenvalue weighted by Gasteiger charge is 2.62. The minimum atomic E-state index is -3.61. The zero-order valence-electron chi connectivity index (χ0n) is 15.9. The number of carbonyl (C=O) groups is 1. The predicted octanol–water partition coefficient (Wildman–Crippen LogP) is 4.74. The van der Waals surface area contributed by atoms with E-state index in [0.717, 1.165) is 16.7 Å². The maximum absolute atomic E-state index is 13.4. The molecule has 0 bridgehead atoms. The Morgan fingerprint density at radius 3 is 1.86 bits per heavy atom. The van der Waals surface area contributed by atoms with Crippen molar-refractivity contribution in [1.29, 1.82) is 0 Å². The van der Waals surface area contributed by atoms with Crippen LogP contribution in [0.25, 0.3) is 0 Å². The second-order valence-electron chi connectivity index (χ2n) is 7.52. The van der Waals surface area contributed by atoms with Crippen molar-refractivity contribution >= 4 is 15.6 Å². The van der Waals surface area contributed by atoms with Gasteiger partial charge in [-0.05, 0) is 31.5 Å². The lowest BCUT2D eigenvalue weighted by Gasteiger charge is -2.05. The van der Waals surface area contributed by atoms with Gasteiger partial charge >= 0.3 is 0 Å². The first-order valence-electron chi connectivity index (χ1n) is 9.36. The summed E-state index contributed by atoms with van der Waals surface area (Å²) < 4.78 is 26.7. The van der Waals surface area contributed by atoms with Crippen molar-refractivity contribution < 1.29 is 13.2 Å². The summed E-state index contributed by atoms with van der Waals surface area (Å²) in [7, 11) is -3.61. The van der Waals surface area contributed by atoms with Gasteiger partial charge in [0.15, 0.2) is 15.6 Å². The Bertz CT molecular complexity index is 1100. The van der Waals surface area contributed by atoms with Crippen LogP contribution in [0.2, 0.25) is 0 Å². The van der Waals surface area contributed by atoms with Crippen LogP contribution in [0.4, 0.5) is 0 Å². The molecule has 1 fully saturated rings. The summed E-state index contributed by atoms with van der Waals surface area (Å²) in [6.45, 7) is 3.91. The molecule has 0 saturated heterocycles.